The van der Waals surface area contributed by atoms with Gasteiger partial charge in [-0.15, -0.1) is 23.5 Å². The van der Waals surface area contributed by atoms with E-state index in [9.17, 15) is 23.2 Å². The first-order valence-electron chi connectivity index (χ1n) is 18.0. The van der Waals surface area contributed by atoms with Crippen molar-refractivity contribution in [1.29, 1.82) is 5.26 Å². The molecule has 3 fully saturated rings. The number of alkyl halides is 2. The number of benzene rings is 2. The molecule has 2 saturated heterocycles. The lowest BCUT2D eigenvalue weighted by Crippen LogP contribution is -2.47. The Morgan fingerprint density at radius 1 is 1.13 bits per heavy atom. The number of carbonyl (C=O) groups is 1. The molecule has 4 aliphatic heterocycles. The van der Waals surface area contributed by atoms with E-state index in [1.807, 2.05) is 4.90 Å². The second kappa shape index (κ2) is 13.1. The SMILES string of the molecule is C=C(F)C(=O)N1CCN(c2nc(OCC3S[C@]3(C)N(C)C3S[C@@]3(C)C3CC(F)(F)C3)nc3c2CCN(c2cccc4cccc(C)c24)C3)C=C1CC#N. The number of aryl methyl sites for hydroxylation is 1. The first-order valence-corrected chi connectivity index (χ1v) is 19.7. The maximum atomic E-state index is 13.9. The Kier molecular flexibility index (Phi) is 8.93. The fraction of sp³-hybridized carbons (Fsp3) is 0.487. The topological polar surface area (TPSA) is 88.8 Å². The van der Waals surface area contributed by atoms with E-state index in [0.29, 0.717) is 37.6 Å². The van der Waals surface area contributed by atoms with Crippen molar-refractivity contribution >= 4 is 51.7 Å². The van der Waals surface area contributed by atoms with Crippen LogP contribution in [0.2, 0.25) is 0 Å². The number of halogens is 3. The quantitative estimate of drug-likeness (QED) is 0.154. The zero-order valence-electron chi connectivity index (χ0n) is 30.2. The average molecular weight is 762 g/mol. The Labute approximate surface area is 316 Å². The summed E-state index contributed by atoms with van der Waals surface area (Å²) in [5, 5.41) is 12.2. The number of ether oxygens (including phenoxy) is 1. The number of hydrogen-bond donors (Lipinski definition) is 0. The molecule has 5 aliphatic rings. The summed E-state index contributed by atoms with van der Waals surface area (Å²) in [6.45, 7) is 11.7. The van der Waals surface area contributed by atoms with Gasteiger partial charge in [0.2, 0.25) is 5.92 Å². The molecule has 9 nitrogen and oxygen atoms in total. The molecule has 1 aromatic heterocycles. The maximum Gasteiger partial charge on any atom is 0.318 e. The smallest absolute Gasteiger partial charge is 0.318 e. The fourth-order valence-electron chi connectivity index (χ4n) is 8.27. The maximum absolute atomic E-state index is 13.9. The number of aromatic nitrogens is 2. The lowest BCUT2D eigenvalue weighted by molar-refractivity contribution is -0.127. The summed E-state index contributed by atoms with van der Waals surface area (Å²) < 4.78 is 47.6. The number of anilines is 2. The molecule has 2 aromatic carbocycles. The van der Waals surface area contributed by atoms with Gasteiger partial charge in [-0.1, -0.05) is 36.9 Å². The van der Waals surface area contributed by atoms with Crippen LogP contribution in [0.25, 0.3) is 10.8 Å². The van der Waals surface area contributed by atoms with Crippen LogP contribution in [0.4, 0.5) is 24.7 Å². The number of nitrogens with zero attached hydrogens (tertiary/aromatic N) is 7. The van der Waals surface area contributed by atoms with Crippen LogP contribution in [0.3, 0.4) is 0 Å². The molecule has 0 spiro atoms. The van der Waals surface area contributed by atoms with Gasteiger partial charge in [-0.25, -0.2) is 13.2 Å². The van der Waals surface area contributed by atoms with Gasteiger partial charge in [0.1, 0.15) is 12.4 Å². The van der Waals surface area contributed by atoms with Gasteiger partial charge in [-0.3, -0.25) is 9.69 Å². The first-order chi connectivity index (χ1) is 25.2. The van der Waals surface area contributed by atoms with Crippen LogP contribution in [0.1, 0.15) is 49.9 Å². The number of thioether (sulfide) groups is 2. The van der Waals surface area contributed by atoms with Gasteiger partial charge >= 0.3 is 6.01 Å². The molecule has 1 saturated carbocycles. The number of allylic oxidation sites excluding steroid dienone is 1. The van der Waals surface area contributed by atoms with Crippen LogP contribution < -0.4 is 14.5 Å². The summed E-state index contributed by atoms with van der Waals surface area (Å²) in [7, 11) is 2.08. The van der Waals surface area contributed by atoms with Crippen LogP contribution in [-0.4, -0.2) is 85.1 Å². The van der Waals surface area contributed by atoms with Crippen molar-refractivity contribution in [2.24, 2.45) is 5.92 Å². The largest absolute Gasteiger partial charge is 0.462 e. The molecule has 278 valence electrons. The fourth-order valence-corrected chi connectivity index (χ4v) is 11.0. The summed E-state index contributed by atoms with van der Waals surface area (Å²) in [4.78, 5) is 30.2. The number of fused-ring (bicyclic) bond motifs is 2. The van der Waals surface area contributed by atoms with Gasteiger partial charge in [0.15, 0.2) is 5.83 Å². The molecule has 5 heterocycles. The van der Waals surface area contributed by atoms with Crippen LogP contribution in [-0.2, 0) is 17.8 Å². The van der Waals surface area contributed by atoms with Crippen molar-refractivity contribution < 1.29 is 22.7 Å². The Hall–Kier alpha value is -3.93. The van der Waals surface area contributed by atoms with E-state index in [0.717, 1.165) is 23.5 Å². The van der Waals surface area contributed by atoms with Gasteiger partial charge in [0.05, 0.1) is 45.9 Å². The van der Waals surface area contributed by atoms with Gasteiger partial charge in [0.25, 0.3) is 5.91 Å². The number of nitriles is 1. The second-order valence-corrected chi connectivity index (χ2v) is 18.3. The Morgan fingerprint density at radius 2 is 1.89 bits per heavy atom. The van der Waals surface area contributed by atoms with E-state index in [1.165, 1.54) is 21.2 Å². The molecule has 1 amide bonds. The highest BCUT2D eigenvalue weighted by molar-refractivity contribution is 8.09. The molecule has 0 radical (unpaired) electrons. The lowest BCUT2D eigenvalue weighted by atomic mass is 9.73. The van der Waals surface area contributed by atoms with Crippen molar-refractivity contribution in [2.45, 2.75) is 79.2 Å². The molecule has 14 heteroatoms. The zero-order valence-corrected chi connectivity index (χ0v) is 31.9. The molecular formula is C39H42F3N7O2S2. The molecular weight excluding hydrogens is 720 g/mol. The number of rotatable bonds is 10. The molecule has 8 rings (SSSR count). The van der Waals surface area contributed by atoms with Crippen molar-refractivity contribution in [3.63, 3.8) is 0 Å². The monoisotopic (exact) mass is 761 g/mol. The van der Waals surface area contributed by atoms with E-state index in [-0.39, 0.29) is 58.0 Å². The van der Waals surface area contributed by atoms with E-state index >= 15 is 0 Å². The van der Waals surface area contributed by atoms with E-state index in [2.05, 4.69) is 86.7 Å². The second-order valence-electron chi connectivity index (χ2n) is 15.1. The molecule has 0 bridgehead atoms. The summed E-state index contributed by atoms with van der Waals surface area (Å²) in [6, 6.07) is 15.0. The highest BCUT2D eigenvalue weighted by Gasteiger charge is 2.69. The Balaban J connectivity index is 1.06. The normalized spacial score (nSPS) is 27.5. The summed E-state index contributed by atoms with van der Waals surface area (Å²) in [5.41, 5.74) is 4.49. The minimum atomic E-state index is -2.53. The third-order valence-corrected chi connectivity index (χ3v) is 15.2. The highest BCUT2D eigenvalue weighted by Crippen LogP contribution is 2.69. The molecule has 0 N–H and O–H groups in total. The zero-order chi connectivity index (χ0) is 37.4. The number of carbonyl (C=O) groups excluding carboxylic acids is 1. The van der Waals surface area contributed by atoms with E-state index < -0.39 is 17.7 Å². The van der Waals surface area contributed by atoms with Gasteiger partial charge in [-0.2, -0.15) is 15.2 Å². The highest BCUT2D eigenvalue weighted by atomic mass is 32.2. The Bertz CT molecular complexity index is 2080. The molecule has 3 aromatic rings. The third kappa shape index (κ3) is 6.42. The standard InChI is InChI=1S/C39H42F3N7O2S2/c1-23-8-6-9-25-10-7-11-30(32(23)25)47-15-13-28-29(21-47)44-36(45-33(28)48-16-17-49(34(50)24(2)40)27(20-48)12-14-43)51-22-31-38(4,52-31)46(5)35-37(3,53-35)26-18-39(41,42)19-26/h6-11,20,26,31,35H,2,12-13,15-19,21-22H2,1,3-5H3/t31?,35?,37-,38-/m0/s1. The first kappa shape index (κ1) is 36.1. The predicted molar refractivity (Wildman–Crippen MR) is 204 cm³/mol. The predicted octanol–water partition coefficient (Wildman–Crippen LogP) is 7.41. The molecule has 4 atom stereocenters. The minimum absolute atomic E-state index is 0.0233. The van der Waals surface area contributed by atoms with Gasteiger partial charge in [-0.05, 0) is 57.2 Å². The van der Waals surface area contributed by atoms with E-state index in [1.54, 1.807) is 29.7 Å². The summed E-state index contributed by atoms with van der Waals surface area (Å²) >= 11 is 3.58. The van der Waals surface area contributed by atoms with Gasteiger partial charge in [0, 0.05) is 60.1 Å². The molecule has 2 unspecified atom stereocenters. The van der Waals surface area contributed by atoms with Crippen molar-refractivity contribution in [3.8, 4) is 12.1 Å². The van der Waals surface area contributed by atoms with Crippen molar-refractivity contribution in [1.82, 2.24) is 19.8 Å². The van der Waals surface area contributed by atoms with Gasteiger partial charge < -0.3 is 19.4 Å². The van der Waals surface area contributed by atoms with Crippen molar-refractivity contribution in [2.75, 3.05) is 43.1 Å². The number of hydrogen-bond acceptors (Lipinski definition) is 10. The van der Waals surface area contributed by atoms with Crippen LogP contribution >= 0.6 is 23.5 Å². The lowest BCUT2D eigenvalue weighted by Gasteiger charge is -2.39. The Morgan fingerprint density at radius 3 is 2.60 bits per heavy atom. The van der Waals surface area contributed by atoms with Crippen LogP contribution in [0.5, 0.6) is 6.01 Å². The van der Waals surface area contributed by atoms with E-state index in [4.69, 9.17) is 14.7 Å². The number of amides is 1. The third-order valence-electron chi connectivity index (χ3n) is 11.7. The summed E-state index contributed by atoms with van der Waals surface area (Å²) in [6.07, 6.45) is 2.20. The average Bonchev–Trinajstić information content (AvgIpc) is 4.02. The minimum Gasteiger partial charge on any atom is -0.462 e. The molecule has 53 heavy (non-hydrogen) atoms. The molecule has 1 aliphatic carbocycles. The van der Waals surface area contributed by atoms with Crippen molar-refractivity contribution in [3.05, 3.63) is 77.5 Å². The van der Waals surface area contributed by atoms with Crippen LogP contribution in [0.15, 0.2) is 60.7 Å². The summed E-state index contributed by atoms with van der Waals surface area (Å²) in [5.74, 6) is -3.80. The van der Waals surface area contributed by atoms with Crippen LogP contribution in [0, 0.1) is 24.2 Å².